The first kappa shape index (κ1) is 30.3. The fourth-order valence-electron chi connectivity index (χ4n) is 4.23. The van der Waals surface area contributed by atoms with Gasteiger partial charge in [0.15, 0.2) is 0 Å². The minimum atomic E-state index is -3.67. The molecule has 0 unspecified atom stereocenters. The molecule has 3 rings (SSSR count). The van der Waals surface area contributed by atoms with E-state index in [9.17, 15) is 18.0 Å². The highest BCUT2D eigenvalue weighted by Crippen LogP contribution is 2.22. The molecule has 9 heteroatoms. The highest BCUT2D eigenvalue weighted by atomic mass is 35.5. The van der Waals surface area contributed by atoms with Crippen molar-refractivity contribution in [2.45, 2.75) is 56.6 Å². The maximum Gasteiger partial charge on any atom is 0.243 e. The van der Waals surface area contributed by atoms with Gasteiger partial charge >= 0.3 is 0 Å². The molecular weight excluding hydrogens is 534 g/mol. The average Bonchev–Trinajstić information content (AvgIpc) is 2.92. The number of carbonyl (C=O) groups is 2. The van der Waals surface area contributed by atoms with Gasteiger partial charge in [-0.1, -0.05) is 78.3 Å². The van der Waals surface area contributed by atoms with Crippen LogP contribution in [0.15, 0.2) is 89.8 Å². The number of nitrogens with zero attached hydrogens (tertiary/aromatic N) is 2. The summed E-state index contributed by atoms with van der Waals surface area (Å²) < 4.78 is 27.0. The molecule has 0 spiro atoms. The molecule has 0 fully saturated rings. The SMILES string of the molecule is CC(C)NC(=O)[C@@H](Cc1ccccc1)N(Cc1ccccc1Cl)C(=O)CCCN(C)S(=O)(=O)c1ccccc1. The zero-order valence-corrected chi connectivity index (χ0v) is 24.2. The molecule has 0 aromatic heterocycles. The lowest BCUT2D eigenvalue weighted by molar-refractivity contribution is -0.141. The maximum absolute atomic E-state index is 13.7. The van der Waals surface area contributed by atoms with Gasteiger partial charge < -0.3 is 10.2 Å². The smallest absolute Gasteiger partial charge is 0.243 e. The second-order valence-corrected chi connectivity index (χ2v) is 12.2. The third-order valence-corrected chi connectivity index (χ3v) is 8.56. The second kappa shape index (κ2) is 14.3. The fourth-order valence-corrected chi connectivity index (χ4v) is 5.66. The van der Waals surface area contributed by atoms with E-state index in [0.717, 1.165) is 11.1 Å². The largest absolute Gasteiger partial charge is 0.352 e. The molecule has 2 amide bonds. The zero-order chi connectivity index (χ0) is 28.4. The van der Waals surface area contributed by atoms with E-state index in [-0.39, 0.29) is 42.3 Å². The highest BCUT2D eigenvalue weighted by molar-refractivity contribution is 7.89. The van der Waals surface area contributed by atoms with Crippen LogP contribution in [0.25, 0.3) is 0 Å². The molecule has 3 aromatic carbocycles. The molecule has 0 radical (unpaired) electrons. The summed E-state index contributed by atoms with van der Waals surface area (Å²) in [5.41, 5.74) is 1.65. The van der Waals surface area contributed by atoms with E-state index in [1.54, 1.807) is 41.3 Å². The number of carbonyl (C=O) groups excluding carboxylic acids is 2. The Kier molecular flexibility index (Phi) is 11.1. The van der Waals surface area contributed by atoms with Gasteiger partial charge in [0.05, 0.1) is 4.90 Å². The molecule has 1 N–H and O–H groups in total. The quantitative estimate of drug-likeness (QED) is 0.317. The summed E-state index contributed by atoms with van der Waals surface area (Å²) in [4.78, 5) is 28.9. The monoisotopic (exact) mass is 569 g/mol. The Morgan fingerprint density at radius 3 is 2.10 bits per heavy atom. The number of benzene rings is 3. The Hall–Kier alpha value is -3.20. The Balaban J connectivity index is 1.83. The molecule has 39 heavy (non-hydrogen) atoms. The van der Waals surface area contributed by atoms with Gasteiger partial charge in [-0.3, -0.25) is 9.59 Å². The molecule has 0 heterocycles. The van der Waals surface area contributed by atoms with Crippen LogP contribution in [0.3, 0.4) is 0 Å². The lowest BCUT2D eigenvalue weighted by atomic mass is 10.0. The lowest BCUT2D eigenvalue weighted by Gasteiger charge is -2.32. The van der Waals surface area contributed by atoms with Gasteiger partial charge in [-0.2, -0.15) is 0 Å². The molecule has 3 aromatic rings. The molecular formula is C30H36ClN3O4S. The van der Waals surface area contributed by atoms with E-state index >= 15 is 0 Å². The predicted molar refractivity (Wildman–Crippen MR) is 155 cm³/mol. The summed E-state index contributed by atoms with van der Waals surface area (Å²) in [7, 11) is -2.17. The van der Waals surface area contributed by atoms with Gasteiger partial charge in [0.2, 0.25) is 21.8 Å². The summed E-state index contributed by atoms with van der Waals surface area (Å²) in [5.74, 6) is -0.502. The minimum absolute atomic E-state index is 0.0688. The number of halogens is 1. The number of hydrogen-bond donors (Lipinski definition) is 1. The van der Waals surface area contributed by atoms with E-state index < -0.39 is 16.1 Å². The first-order valence-corrected chi connectivity index (χ1v) is 14.8. The van der Waals surface area contributed by atoms with Crippen molar-refractivity contribution in [2.75, 3.05) is 13.6 Å². The normalized spacial score (nSPS) is 12.4. The van der Waals surface area contributed by atoms with Crippen molar-refractivity contribution in [3.8, 4) is 0 Å². The van der Waals surface area contributed by atoms with E-state index in [0.29, 0.717) is 17.9 Å². The molecule has 1 atom stereocenters. The van der Waals surface area contributed by atoms with E-state index in [4.69, 9.17) is 11.6 Å². The lowest BCUT2D eigenvalue weighted by Crippen LogP contribution is -2.51. The van der Waals surface area contributed by atoms with E-state index in [2.05, 4.69) is 5.32 Å². The number of nitrogens with one attached hydrogen (secondary N) is 1. The molecule has 0 saturated carbocycles. The molecule has 0 aliphatic heterocycles. The van der Waals surface area contributed by atoms with Gasteiger partial charge in [-0.05, 0) is 49.6 Å². The number of rotatable bonds is 13. The Bertz CT molecular complexity index is 1330. The molecule has 0 saturated heterocycles. The Morgan fingerprint density at radius 2 is 1.49 bits per heavy atom. The number of amides is 2. The van der Waals surface area contributed by atoms with Crippen molar-refractivity contribution < 1.29 is 18.0 Å². The molecule has 7 nitrogen and oxygen atoms in total. The summed E-state index contributed by atoms with van der Waals surface area (Å²) in [5, 5.41) is 3.46. The van der Waals surface area contributed by atoms with Gasteiger partial charge in [0, 0.05) is 44.0 Å². The molecule has 0 bridgehead atoms. The van der Waals surface area contributed by atoms with Crippen molar-refractivity contribution in [3.05, 3.63) is 101 Å². The van der Waals surface area contributed by atoms with E-state index in [1.165, 1.54) is 11.4 Å². The van der Waals surface area contributed by atoms with Crippen molar-refractivity contribution >= 4 is 33.4 Å². The van der Waals surface area contributed by atoms with Crippen molar-refractivity contribution in [1.29, 1.82) is 0 Å². The first-order chi connectivity index (χ1) is 18.6. The average molecular weight is 570 g/mol. The van der Waals surface area contributed by atoms with Crippen LogP contribution in [-0.2, 0) is 32.6 Å². The van der Waals surface area contributed by atoms with Crippen molar-refractivity contribution in [3.63, 3.8) is 0 Å². The minimum Gasteiger partial charge on any atom is -0.352 e. The van der Waals surface area contributed by atoms with Crippen LogP contribution in [0.1, 0.15) is 37.8 Å². The van der Waals surface area contributed by atoms with Gasteiger partial charge in [-0.15, -0.1) is 0 Å². The van der Waals surface area contributed by atoms with Crippen LogP contribution in [-0.4, -0.2) is 55.1 Å². The van der Waals surface area contributed by atoms with Gasteiger partial charge in [0.1, 0.15) is 6.04 Å². The molecule has 208 valence electrons. The van der Waals surface area contributed by atoms with Crippen LogP contribution in [0.5, 0.6) is 0 Å². The summed E-state index contributed by atoms with van der Waals surface area (Å²) in [6, 6.07) is 24.1. The fraction of sp³-hybridized carbons (Fsp3) is 0.333. The zero-order valence-electron chi connectivity index (χ0n) is 22.6. The number of hydrogen-bond acceptors (Lipinski definition) is 4. The highest BCUT2D eigenvalue weighted by Gasteiger charge is 2.31. The van der Waals surface area contributed by atoms with Crippen LogP contribution < -0.4 is 5.32 Å². The van der Waals surface area contributed by atoms with E-state index in [1.807, 2.05) is 62.4 Å². The van der Waals surface area contributed by atoms with Crippen LogP contribution in [0.2, 0.25) is 5.02 Å². The maximum atomic E-state index is 13.7. The molecule has 0 aliphatic carbocycles. The standard InChI is InChI=1S/C30H36ClN3O4S/c1-23(2)32-30(36)28(21-24-13-6-4-7-14-24)34(22-25-15-10-11-18-27(25)31)29(35)19-12-20-33(3)39(37,38)26-16-8-5-9-17-26/h4-11,13-18,23,28H,12,19-22H2,1-3H3,(H,32,36)/t28-/m1/s1. The van der Waals surface area contributed by atoms with Crippen molar-refractivity contribution in [1.82, 2.24) is 14.5 Å². The third-order valence-electron chi connectivity index (χ3n) is 6.32. The summed E-state index contributed by atoms with van der Waals surface area (Å²) in [6.07, 6.45) is 0.696. The van der Waals surface area contributed by atoms with Crippen LogP contribution in [0.4, 0.5) is 0 Å². The van der Waals surface area contributed by atoms with Crippen molar-refractivity contribution in [2.24, 2.45) is 0 Å². The number of sulfonamides is 1. The topological polar surface area (TPSA) is 86.8 Å². The third kappa shape index (κ3) is 8.65. The Labute approximate surface area is 236 Å². The van der Waals surface area contributed by atoms with Gasteiger partial charge in [0.25, 0.3) is 0 Å². The molecule has 0 aliphatic rings. The summed E-state index contributed by atoms with van der Waals surface area (Å²) in [6.45, 7) is 4.06. The Morgan fingerprint density at radius 1 is 0.897 bits per heavy atom. The van der Waals surface area contributed by atoms with Gasteiger partial charge in [-0.25, -0.2) is 12.7 Å². The predicted octanol–water partition coefficient (Wildman–Crippen LogP) is 4.91. The first-order valence-electron chi connectivity index (χ1n) is 13.0. The van der Waals surface area contributed by atoms with Crippen LogP contribution in [0, 0.1) is 0 Å². The summed E-state index contributed by atoms with van der Waals surface area (Å²) >= 11 is 6.44. The second-order valence-electron chi connectivity index (χ2n) is 9.73. The van der Waals surface area contributed by atoms with Crippen LogP contribution >= 0.6 is 11.6 Å².